The summed E-state index contributed by atoms with van der Waals surface area (Å²) in [5.41, 5.74) is 2.94. The van der Waals surface area contributed by atoms with Crippen LogP contribution < -0.4 is 4.90 Å². The molecule has 3 rings (SSSR count). The number of hydrogen-bond donors (Lipinski definition) is 0. The minimum atomic E-state index is -0.611. The predicted molar refractivity (Wildman–Crippen MR) is 121 cm³/mol. The maximum absolute atomic E-state index is 12.7. The Morgan fingerprint density at radius 2 is 2.03 bits per heavy atom. The molecule has 2 aliphatic rings. The summed E-state index contributed by atoms with van der Waals surface area (Å²) in [4.78, 5) is 40.2. The van der Waals surface area contributed by atoms with Gasteiger partial charge in [0.1, 0.15) is 6.54 Å². The molecule has 0 saturated carbocycles. The summed E-state index contributed by atoms with van der Waals surface area (Å²) in [5.74, 6) is -0.790. The molecule has 0 N–H and O–H groups in total. The van der Waals surface area contributed by atoms with Gasteiger partial charge in [-0.25, -0.2) is 0 Å². The van der Waals surface area contributed by atoms with Gasteiger partial charge in [-0.15, -0.1) is 0 Å². The van der Waals surface area contributed by atoms with Crippen molar-refractivity contribution >= 4 is 52.2 Å². The molecule has 1 aromatic rings. The maximum atomic E-state index is 12.7. The quantitative estimate of drug-likeness (QED) is 0.472. The average molecular weight is 451 g/mol. The molecule has 0 aromatic heterocycles. The van der Waals surface area contributed by atoms with Crippen molar-refractivity contribution in [2.45, 2.75) is 58.6 Å². The SMILES string of the molecule is CC(C)OC(=O)CN1C(=O)S/C(=C\c2cc3c(cc2Cl)N(C)C(C)(C)CC3C)C1=O. The Balaban J connectivity index is 1.89. The monoisotopic (exact) mass is 450 g/mol. The molecule has 2 aliphatic heterocycles. The van der Waals surface area contributed by atoms with Crippen LogP contribution >= 0.6 is 23.4 Å². The van der Waals surface area contributed by atoms with Crippen LogP contribution in [0.3, 0.4) is 0 Å². The van der Waals surface area contributed by atoms with Crippen molar-refractivity contribution in [1.82, 2.24) is 4.90 Å². The molecule has 8 heteroatoms. The zero-order valence-corrected chi connectivity index (χ0v) is 19.7. The molecular formula is C22H27ClN2O4S. The van der Waals surface area contributed by atoms with Crippen LogP contribution in [0.15, 0.2) is 17.0 Å². The van der Waals surface area contributed by atoms with Crippen molar-refractivity contribution in [1.29, 1.82) is 0 Å². The molecule has 0 aliphatic carbocycles. The van der Waals surface area contributed by atoms with Gasteiger partial charge in [0.15, 0.2) is 0 Å². The van der Waals surface area contributed by atoms with Crippen molar-refractivity contribution in [3.63, 3.8) is 0 Å². The number of hydrogen-bond acceptors (Lipinski definition) is 6. The van der Waals surface area contributed by atoms with Crippen LogP contribution in [0.5, 0.6) is 0 Å². The van der Waals surface area contributed by atoms with Crippen molar-refractivity contribution in [2.24, 2.45) is 0 Å². The van der Waals surface area contributed by atoms with E-state index in [0.717, 1.165) is 34.3 Å². The first-order valence-electron chi connectivity index (χ1n) is 9.93. The van der Waals surface area contributed by atoms with E-state index >= 15 is 0 Å². The molecule has 0 radical (unpaired) electrons. The predicted octanol–water partition coefficient (Wildman–Crippen LogP) is 5.05. The van der Waals surface area contributed by atoms with E-state index < -0.39 is 23.7 Å². The van der Waals surface area contributed by atoms with Crippen LogP contribution in [0, 0.1) is 0 Å². The standard InChI is InChI=1S/C22H27ClN2O4S/c1-12(2)29-19(26)11-25-20(27)18(30-21(25)28)8-14-7-15-13(3)10-22(4,5)24(6)17(15)9-16(14)23/h7-9,12-13H,10-11H2,1-6H3/b18-8-. The number of carbonyl (C=O) groups excluding carboxylic acids is 3. The van der Waals surface area contributed by atoms with Crippen LogP contribution in [-0.2, 0) is 14.3 Å². The summed E-state index contributed by atoms with van der Waals surface area (Å²) in [6.07, 6.45) is 2.31. The maximum Gasteiger partial charge on any atom is 0.326 e. The summed E-state index contributed by atoms with van der Waals surface area (Å²) in [7, 11) is 2.06. The number of anilines is 1. The second-order valence-corrected chi connectivity index (χ2v) is 10.1. The molecule has 2 heterocycles. The molecule has 0 spiro atoms. The van der Waals surface area contributed by atoms with Crippen LogP contribution in [0.25, 0.3) is 6.08 Å². The highest BCUT2D eigenvalue weighted by Gasteiger charge is 2.38. The Kier molecular flexibility index (Phi) is 6.25. The molecule has 1 fully saturated rings. The van der Waals surface area contributed by atoms with E-state index in [4.69, 9.17) is 16.3 Å². The molecule has 0 bridgehead atoms. The molecule has 1 aromatic carbocycles. The summed E-state index contributed by atoms with van der Waals surface area (Å²) < 4.78 is 5.04. The number of carbonyl (C=O) groups is 3. The second kappa shape index (κ2) is 8.27. The fourth-order valence-corrected chi connectivity index (χ4v) is 4.96. The zero-order chi connectivity index (χ0) is 22.4. The van der Waals surface area contributed by atoms with E-state index in [0.29, 0.717) is 16.5 Å². The molecule has 2 amide bonds. The number of amides is 2. The molecule has 162 valence electrons. The van der Waals surface area contributed by atoms with Gasteiger partial charge < -0.3 is 9.64 Å². The topological polar surface area (TPSA) is 66.9 Å². The van der Waals surface area contributed by atoms with E-state index in [1.165, 1.54) is 0 Å². The molecule has 6 nitrogen and oxygen atoms in total. The first kappa shape index (κ1) is 22.7. The van der Waals surface area contributed by atoms with Gasteiger partial charge in [0, 0.05) is 23.3 Å². The van der Waals surface area contributed by atoms with E-state index in [9.17, 15) is 14.4 Å². The van der Waals surface area contributed by atoms with Crippen molar-refractivity contribution in [3.8, 4) is 0 Å². The molecule has 30 heavy (non-hydrogen) atoms. The van der Waals surface area contributed by atoms with Gasteiger partial charge in [-0.1, -0.05) is 18.5 Å². The van der Waals surface area contributed by atoms with Gasteiger partial charge in [-0.3, -0.25) is 19.3 Å². The Labute approximate surface area is 186 Å². The van der Waals surface area contributed by atoms with Gasteiger partial charge in [0.2, 0.25) is 0 Å². The second-order valence-electron chi connectivity index (χ2n) is 8.72. The van der Waals surface area contributed by atoms with Crippen molar-refractivity contribution in [3.05, 3.63) is 33.2 Å². The normalized spacial score (nSPS) is 22.1. The number of nitrogens with zero attached hydrogens (tertiary/aromatic N) is 2. The molecular weight excluding hydrogens is 424 g/mol. The summed E-state index contributed by atoms with van der Waals surface area (Å²) in [5, 5.41) is 0.0207. The van der Waals surface area contributed by atoms with E-state index in [2.05, 4.69) is 32.7 Å². The van der Waals surface area contributed by atoms with Gasteiger partial charge in [0.05, 0.1) is 11.0 Å². The van der Waals surface area contributed by atoms with Crippen LogP contribution in [0.4, 0.5) is 10.5 Å². The molecule has 1 saturated heterocycles. The third-order valence-corrected chi connectivity index (χ3v) is 6.80. The largest absolute Gasteiger partial charge is 0.462 e. The Bertz CT molecular complexity index is 941. The minimum Gasteiger partial charge on any atom is -0.462 e. The number of benzene rings is 1. The molecule has 1 unspecified atom stereocenters. The number of halogens is 1. The lowest BCUT2D eigenvalue weighted by Gasteiger charge is -2.45. The number of rotatable bonds is 4. The third-order valence-electron chi connectivity index (χ3n) is 5.57. The highest BCUT2D eigenvalue weighted by molar-refractivity contribution is 8.18. The Morgan fingerprint density at radius 3 is 2.67 bits per heavy atom. The first-order valence-corrected chi connectivity index (χ1v) is 11.1. The first-order chi connectivity index (χ1) is 13.9. The third kappa shape index (κ3) is 4.37. The lowest BCUT2D eigenvalue weighted by molar-refractivity contribution is -0.149. The Morgan fingerprint density at radius 1 is 1.37 bits per heavy atom. The van der Waals surface area contributed by atoms with Gasteiger partial charge in [-0.05, 0) is 81.1 Å². The highest BCUT2D eigenvalue weighted by atomic mass is 35.5. The number of imide groups is 1. The van der Waals surface area contributed by atoms with Crippen LogP contribution in [0.1, 0.15) is 58.1 Å². The smallest absolute Gasteiger partial charge is 0.326 e. The summed E-state index contributed by atoms with van der Waals surface area (Å²) in [6, 6.07) is 3.92. The number of ether oxygens (including phenoxy) is 1. The van der Waals surface area contributed by atoms with E-state index in [-0.39, 0.29) is 16.5 Å². The van der Waals surface area contributed by atoms with Crippen LogP contribution in [0.2, 0.25) is 5.02 Å². The van der Waals surface area contributed by atoms with E-state index in [1.54, 1.807) is 19.9 Å². The van der Waals surface area contributed by atoms with Crippen molar-refractivity contribution < 1.29 is 19.1 Å². The lowest BCUT2D eigenvalue weighted by atomic mass is 9.80. The van der Waals surface area contributed by atoms with Gasteiger partial charge >= 0.3 is 5.97 Å². The number of fused-ring (bicyclic) bond motifs is 1. The van der Waals surface area contributed by atoms with E-state index in [1.807, 2.05) is 12.1 Å². The summed E-state index contributed by atoms with van der Waals surface area (Å²) >= 11 is 7.35. The van der Waals surface area contributed by atoms with Gasteiger partial charge in [0.25, 0.3) is 11.1 Å². The number of thioether (sulfide) groups is 1. The summed E-state index contributed by atoms with van der Waals surface area (Å²) in [6.45, 7) is 9.62. The minimum absolute atomic E-state index is 0.0184. The Hall–Kier alpha value is -1.99. The van der Waals surface area contributed by atoms with Gasteiger partial charge in [-0.2, -0.15) is 0 Å². The molecule has 1 atom stereocenters. The van der Waals surface area contributed by atoms with Crippen LogP contribution in [-0.4, -0.2) is 47.3 Å². The highest BCUT2D eigenvalue weighted by Crippen LogP contribution is 2.45. The number of esters is 1. The fourth-order valence-electron chi connectivity index (χ4n) is 3.92. The fraction of sp³-hybridized carbons (Fsp3) is 0.500. The lowest BCUT2D eigenvalue weighted by Crippen LogP contribution is -2.45. The average Bonchev–Trinajstić information content (AvgIpc) is 2.87. The zero-order valence-electron chi connectivity index (χ0n) is 18.1. The van der Waals surface area contributed by atoms with Crippen molar-refractivity contribution in [2.75, 3.05) is 18.5 Å².